The lowest BCUT2D eigenvalue weighted by molar-refractivity contribution is -0.141. The summed E-state index contributed by atoms with van der Waals surface area (Å²) in [6, 6.07) is 25.9. The lowest BCUT2D eigenvalue weighted by Gasteiger charge is -2.52. The molecule has 3 aromatic carbocycles. The zero-order chi connectivity index (χ0) is 37.3. The number of hydrogen-bond donors (Lipinski definition) is 6. The van der Waals surface area contributed by atoms with E-state index in [0.29, 0.717) is 12.8 Å². The molecule has 4 rings (SSSR count). The third kappa shape index (κ3) is 10.9. The molecule has 51 heavy (non-hydrogen) atoms. The Morgan fingerprint density at radius 1 is 0.882 bits per heavy atom. The Labute approximate surface area is 302 Å². The van der Waals surface area contributed by atoms with Gasteiger partial charge in [-0.2, -0.15) is 0 Å². The lowest BCUT2D eigenvalue weighted by Crippen LogP contribution is -2.64. The Hall–Kier alpha value is -4.29. The number of aliphatic hydroxyl groups is 2. The summed E-state index contributed by atoms with van der Waals surface area (Å²) in [6.07, 6.45) is -1.61. The average Bonchev–Trinajstić information content (AvgIpc) is 3.08. The maximum absolute atomic E-state index is 13.8. The normalized spacial score (nSPS) is 19.2. The largest absolute Gasteiger partial charge is 0.453 e. The molecule has 0 aliphatic heterocycles. The molecule has 276 valence electrons. The molecule has 0 spiro atoms. The zero-order valence-electron chi connectivity index (χ0n) is 30.9. The van der Waals surface area contributed by atoms with Crippen LogP contribution < -0.4 is 21.4 Å². The standard InChI is InChI=1S/C40H55N5O6/c1-26(46)41-34-23-31(40(34,5)6)36(48)42-32(22-27-14-10-8-11-15-27)33(47)25-45(44-37(49)35(39(2,3)4)43-38(50)51-7)24-28-18-20-30(21-19-28)29-16-12-9-13-17-29/h8-21,26,31-35,41,46-47H,22-25H2,1-7H3,(H,42,48)(H,43,50)(H,44,49). The Morgan fingerprint density at radius 2 is 1.47 bits per heavy atom. The molecule has 11 heteroatoms. The van der Waals surface area contributed by atoms with Gasteiger partial charge in [-0.05, 0) is 52.8 Å². The molecular weight excluding hydrogens is 646 g/mol. The highest BCUT2D eigenvalue weighted by atomic mass is 16.5. The fraction of sp³-hybridized carbons (Fsp3) is 0.475. The molecule has 1 fully saturated rings. The molecule has 1 saturated carbocycles. The van der Waals surface area contributed by atoms with Crippen LogP contribution in [0.25, 0.3) is 11.1 Å². The molecule has 0 aromatic heterocycles. The third-order valence-corrected chi connectivity index (χ3v) is 9.80. The lowest BCUT2D eigenvalue weighted by atomic mass is 9.58. The summed E-state index contributed by atoms with van der Waals surface area (Å²) >= 11 is 0. The highest BCUT2D eigenvalue weighted by molar-refractivity contribution is 5.86. The molecular formula is C40H55N5O6. The summed E-state index contributed by atoms with van der Waals surface area (Å²) in [6.45, 7) is 11.4. The summed E-state index contributed by atoms with van der Waals surface area (Å²) < 4.78 is 4.80. The van der Waals surface area contributed by atoms with Crippen molar-refractivity contribution >= 4 is 17.9 Å². The number of hydrogen-bond acceptors (Lipinski definition) is 8. The number of ether oxygens (including phenoxy) is 1. The Bertz CT molecular complexity index is 1580. The molecule has 3 aromatic rings. The van der Waals surface area contributed by atoms with Crippen molar-refractivity contribution in [3.05, 3.63) is 96.1 Å². The van der Waals surface area contributed by atoms with Crippen molar-refractivity contribution in [1.82, 2.24) is 26.4 Å². The van der Waals surface area contributed by atoms with Crippen LogP contribution in [0, 0.1) is 16.7 Å². The molecule has 0 radical (unpaired) electrons. The minimum Gasteiger partial charge on any atom is -0.453 e. The second-order valence-electron chi connectivity index (χ2n) is 15.2. The van der Waals surface area contributed by atoms with Crippen molar-refractivity contribution in [3.63, 3.8) is 0 Å². The van der Waals surface area contributed by atoms with E-state index in [-0.39, 0.29) is 31.0 Å². The van der Waals surface area contributed by atoms with Crippen LogP contribution in [0.1, 0.15) is 59.1 Å². The van der Waals surface area contributed by atoms with Crippen LogP contribution in [0.5, 0.6) is 0 Å². The van der Waals surface area contributed by atoms with Gasteiger partial charge in [0.25, 0.3) is 5.91 Å². The van der Waals surface area contributed by atoms with E-state index < -0.39 is 47.2 Å². The predicted octanol–water partition coefficient (Wildman–Crippen LogP) is 4.39. The van der Waals surface area contributed by atoms with Gasteiger partial charge in [-0.25, -0.2) is 9.80 Å². The van der Waals surface area contributed by atoms with Gasteiger partial charge >= 0.3 is 6.09 Å². The first kappa shape index (κ1) is 39.5. The first-order valence-electron chi connectivity index (χ1n) is 17.6. The summed E-state index contributed by atoms with van der Waals surface area (Å²) in [5.74, 6) is -0.974. The minimum atomic E-state index is -1.10. The van der Waals surface area contributed by atoms with E-state index >= 15 is 0 Å². The quantitative estimate of drug-likeness (QED) is 0.101. The number of nitrogens with one attached hydrogen (secondary N) is 4. The highest BCUT2D eigenvalue weighted by Crippen LogP contribution is 2.46. The van der Waals surface area contributed by atoms with Gasteiger partial charge in [-0.3, -0.25) is 20.3 Å². The van der Waals surface area contributed by atoms with E-state index in [1.54, 1.807) is 11.9 Å². The molecule has 6 N–H and O–H groups in total. The molecule has 1 aliphatic carbocycles. The molecule has 11 nitrogen and oxygen atoms in total. The van der Waals surface area contributed by atoms with Gasteiger partial charge in [0, 0.05) is 25.0 Å². The van der Waals surface area contributed by atoms with Crippen LogP contribution in [0.2, 0.25) is 0 Å². The van der Waals surface area contributed by atoms with Crippen molar-refractivity contribution in [2.24, 2.45) is 16.7 Å². The predicted molar refractivity (Wildman–Crippen MR) is 198 cm³/mol. The number of amides is 3. The first-order chi connectivity index (χ1) is 24.1. The fourth-order valence-electron chi connectivity index (χ4n) is 6.61. The van der Waals surface area contributed by atoms with Crippen molar-refractivity contribution in [2.45, 2.75) is 91.4 Å². The highest BCUT2D eigenvalue weighted by Gasteiger charge is 2.52. The summed E-state index contributed by atoms with van der Waals surface area (Å²) in [5, 5.41) is 32.3. The number of methoxy groups -OCH3 is 1. The minimum absolute atomic E-state index is 0.0285. The van der Waals surface area contributed by atoms with Crippen LogP contribution >= 0.6 is 0 Å². The van der Waals surface area contributed by atoms with E-state index in [4.69, 9.17) is 4.74 Å². The van der Waals surface area contributed by atoms with Crippen molar-refractivity contribution in [3.8, 4) is 11.1 Å². The Balaban J connectivity index is 1.59. The number of rotatable bonds is 15. The molecule has 6 atom stereocenters. The maximum Gasteiger partial charge on any atom is 0.407 e. The number of carbonyl (C=O) groups is 3. The number of hydrazine groups is 1. The number of aliphatic hydroxyl groups excluding tert-OH is 2. The van der Waals surface area contributed by atoms with Crippen LogP contribution in [0.15, 0.2) is 84.9 Å². The Morgan fingerprint density at radius 3 is 2.02 bits per heavy atom. The summed E-state index contributed by atoms with van der Waals surface area (Å²) in [4.78, 5) is 39.8. The van der Waals surface area contributed by atoms with Crippen LogP contribution in [-0.2, 0) is 27.3 Å². The number of carbonyl (C=O) groups excluding carboxylic acids is 3. The van der Waals surface area contributed by atoms with Crippen molar-refractivity contribution in [1.29, 1.82) is 0 Å². The van der Waals surface area contributed by atoms with Gasteiger partial charge in [-0.15, -0.1) is 0 Å². The molecule has 0 saturated heterocycles. The monoisotopic (exact) mass is 701 g/mol. The SMILES string of the molecule is COC(=O)NC(C(=O)NN(Cc1ccc(-c2ccccc2)cc1)CC(O)C(Cc1ccccc1)NC(=O)C1CC(NC(C)O)C1(C)C)C(C)(C)C. The van der Waals surface area contributed by atoms with E-state index in [9.17, 15) is 24.6 Å². The molecule has 3 amide bonds. The van der Waals surface area contributed by atoms with Crippen LogP contribution in [0.4, 0.5) is 4.79 Å². The van der Waals surface area contributed by atoms with E-state index in [1.165, 1.54) is 7.11 Å². The maximum atomic E-state index is 13.8. The van der Waals surface area contributed by atoms with Gasteiger partial charge in [0.1, 0.15) is 12.3 Å². The zero-order valence-corrected chi connectivity index (χ0v) is 30.9. The molecule has 6 unspecified atom stereocenters. The van der Waals surface area contributed by atoms with Gasteiger partial charge in [0.05, 0.1) is 19.3 Å². The summed E-state index contributed by atoms with van der Waals surface area (Å²) in [7, 11) is 1.24. The van der Waals surface area contributed by atoms with Gasteiger partial charge in [-0.1, -0.05) is 120 Å². The van der Waals surface area contributed by atoms with E-state index in [2.05, 4.69) is 21.4 Å². The smallest absolute Gasteiger partial charge is 0.407 e. The summed E-state index contributed by atoms with van der Waals surface area (Å²) in [5.41, 5.74) is 5.81. The van der Waals surface area contributed by atoms with Crippen molar-refractivity contribution in [2.75, 3.05) is 13.7 Å². The number of benzene rings is 3. The van der Waals surface area contributed by atoms with Gasteiger partial charge in [0.2, 0.25) is 5.91 Å². The van der Waals surface area contributed by atoms with Crippen molar-refractivity contribution < 1.29 is 29.3 Å². The second-order valence-corrected chi connectivity index (χ2v) is 15.2. The molecule has 1 aliphatic rings. The van der Waals surface area contributed by atoms with Crippen LogP contribution in [-0.4, -0.2) is 77.2 Å². The van der Waals surface area contributed by atoms with E-state index in [0.717, 1.165) is 22.3 Å². The topological polar surface area (TPSA) is 152 Å². The second kappa shape index (κ2) is 17.3. The van der Waals surface area contributed by atoms with Gasteiger partial charge < -0.3 is 25.6 Å². The molecule has 0 bridgehead atoms. The van der Waals surface area contributed by atoms with E-state index in [1.807, 2.05) is 120 Å². The molecule has 0 heterocycles. The Kier molecular flexibility index (Phi) is 13.4. The van der Waals surface area contributed by atoms with Crippen LogP contribution in [0.3, 0.4) is 0 Å². The number of nitrogens with zero attached hydrogens (tertiary/aromatic N) is 1. The van der Waals surface area contributed by atoms with Gasteiger partial charge in [0.15, 0.2) is 0 Å². The average molecular weight is 702 g/mol. The number of alkyl carbamates (subject to hydrolysis) is 1. The first-order valence-corrected chi connectivity index (χ1v) is 17.6. The third-order valence-electron chi connectivity index (χ3n) is 9.80. The fourth-order valence-corrected chi connectivity index (χ4v) is 6.61.